The Labute approximate surface area is 179 Å². The summed E-state index contributed by atoms with van der Waals surface area (Å²) in [5, 5.41) is 3.16. The Morgan fingerprint density at radius 1 is 1.13 bits per heavy atom. The predicted molar refractivity (Wildman–Crippen MR) is 113 cm³/mol. The van der Waals surface area contributed by atoms with Crippen molar-refractivity contribution < 1.29 is 18.0 Å². The number of aromatic nitrogens is 3. The van der Waals surface area contributed by atoms with Crippen LogP contribution in [0.4, 0.5) is 24.5 Å². The first-order valence-corrected chi connectivity index (χ1v) is 10.1. The average molecular weight is 443 g/mol. The molecular weight excluding hydrogens is 427 g/mol. The first kappa shape index (κ1) is 20.7. The van der Waals surface area contributed by atoms with Crippen molar-refractivity contribution in [2.45, 2.75) is 16.8 Å². The van der Waals surface area contributed by atoms with Gasteiger partial charge in [-0.15, -0.1) is 11.8 Å². The maximum absolute atomic E-state index is 12.8. The molecule has 10 heteroatoms. The predicted octanol–water partition coefficient (Wildman–Crippen LogP) is 5.11. The molecule has 0 saturated carbocycles. The van der Waals surface area contributed by atoms with Gasteiger partial charge in [0.2, 0.25) is 0 Å². The van der Waals surface area contributed by atoms with E-state index in [9.17, 15) is 18.0 Å². The number of aromatic amines is 1. The molecule has 4 aromatic rings. The third kappa shape index (κ3) is 4.80. The van der Waals surface area contributed by atoms with Crippen molar-refractivity contribution in [2.24, 2.45) is 5.73 Å². The quantitative estimate of drug-likeness (QED) is 0.360. The van der Waals surface area contributed by atoms with E-state index in [0.717, 1.165) is 23.5 Å². The molecular formula is C21H16F3N5OS. The second-order valence-electron chi connectivity index (χ2n) is 6.61. The minimum absolute atomic E-state index is 0.364. The molecule has 0 radical (unpaired) electrons. The van der Waals surface area contributed by atoms with Crippen molar-refractivity contribution in [3.05, 3.63) is 77.9 Å². The average Bonchev–Trinajstić information content (AvgIpc) is 3.14. The fraction of sp³-hybridized carbons (Fsp3) is 0.0952. The number of primary amides is 1. The summed E-state index contributed by atoms with van der Waals surface area (Å²) in [6, 6.07) is 14.9. The molecule has 0 atom stereocenters. The fourth-order valence-corrected chi connectivity index (χ4v) is 3.77. The fourth-order valence-electron chi connectivity index (χ4n) is 2.97. The van der Waals surface area contributed by atoms with Gasteiger partial charge in [-0.3, -0.25) is 9.78 Å². The van der Waals surface area contributed by atoms with Crippen LogP contribution in [-0.2, 0) is 11.9 Å². The molecule has 0 unspecified atom stereocenters. The zero-order valence-electron chi connectivity index (χ0n) is 15.9. The van der Waals surface area contributed by atoms with Crippen LogP contribution in [-0.4, -0.2) is 20.9 Å². The van der Waals surface area contributed by atoms with Crippen molar-refractivity contribution >= 4 is 40.1 Å². The lowest BCUT2D eigenvalue weighted by Crippen LogP contribution is -2.13. The van der Waals surface area contributed by atoms with Crippen LogP contribution < -0.4 is 11.1 Å². The molecule has 0 spiro atoms. The molecule has 4 rings (SSSR count). The highest BCUT2D eigenvalue weighted by atomic mass is 32.2. The summed E-state index contributed by atoms with van der Waals surface area (Å²) in [5.74, 6) is 0.455. The van der Waals surface area contributed by atoms with Gasteiger partial charge in [0.05, 0.1) is 28.0 Å². The Balaban J connectivity index is 1.50. The van der Waals surface area contributed by atoms with Crippen molar-refractivity contribution in [3.8, 4) is 0 Å². The maximum atomic E-state index is 12.8. The van der Waals surface area contributed by atoms with Crippen LogP contribution in [0.15, 0.2) is 65.7 Å². The molecule has 0 aliphatic rings. The molecule has 2 heterocycles. The van der Waals surface area contributed by atoms with Crippen molar-refractivity contribution in [3.63, 3.8) is 0 Å². The number of nitrogens with zero attached hydrogens (tertiary/aromatic N) is 2. The lowest BCUT2D eigenvalue weighted by molar-refractivity contribution is -0.141. The number of hydrogen-bond donors (Lipinski definition) is 3. The molecule has 0 aliphatic carbocycles. The molecule has 2 aromatic carbocycles. The van der Waals surface area contributed by atoms with E-state index in [4.69, 9.17) is 5.73 Å². The van der Waals surface area contributed by atoms with Crippen LogP contribution in [0.2, 0.25) is 0 Å². The van der Waals surface area contributed by atoms with Gasteiger partial charge in [0.25, 0.3) is 5.91 Å². The number of halogens is 3. The van der Waals surface area contributed by atoms with E-state index in [1.165, 1.54) is 17.8 Å². The Hall–Kier alpha value is -3.53. The van der Waals surface area contributed by atoms with E-state index in [0.29, 0.717) is 33.2 Å². The Bertz CT molecular complexity index is 1260. The van der Waals surface area contributed by atoms with Gasteiger partial charge in [-0.1, -0.05) is 12.1 Å². The number of nitrogens with two attached hydrogens (primary N) is 1. The summed E-state index contributed by atoms with van der Waals surface area (Å²) in [4.78, 5) is 23.1. The molecule has 0 fully saturated rings. The van der Waals surface area contributed by atoms with Crippen LogP contribution >= 0.6 is 11.8 Å². The van der Waals surface area contributed by atoms with Gasteiger partial charge in [-0.05, 0) is 42.5 Å². The number of thioether (sulfide) groups is 1. The topological polar surface area (TPSA) is 96.7 Å². The molecule has 1 amide bonds. The number of pyridine rings is 1. The van der Waals surface area contributed by atoms with Gasteiger partial charge in [-0.2, -0.15) is 13.2 Å². The number of fused-ring (bicyclic) bond motifs is 1. The van der Waals surface area contributed by atoms with Crippen LogP contribution in [0.5, 0.6) is 0 Å². The van der Waals surface area contributed by atoms with Gasteiger partial charge in [0.1, 0.15) is 11.5 Å². The number of carbonyl (C=O) groups excluding carboxylic acids is 1. The number of benzene rings is 2. The minimum atomic E-state index is -4.48. The van der Waals surface area contributed by atoms with Gasteiger partial charge in [0, 0.05) is 16.8 Å². The van der Waals surface area contributed by atoms with Crippen LogP contribution in [0.3, 0.4) is 0 Å². The van der Waals surface area contributed by atoms with Gasteiger partial charge >= 0.3 is 6.18 Å². The lowest BCUT2D eigenvalue weighted by atomic mass is 10.1. The molecule has 6 nitrogen and oxygen atoms in total. The third-order valence-corrected chi connectivity index (χ3v) is 5.41. The highest BCUT2D eigenvalue weighted by molar-refractivity contribution is 7.98. The van der Waals surface area contributed by atoms with E-state index < -0.39 is 17.8 Å². The summed E-state index contributed by atoms with van der Waals surface area (Å²) < 4.78 is 38.4. The van der Waals surface area contributed by atoms with Crippen molar-refractivity contribution in [1.82, 2.24) is 15.0 Å². The summed E-state index contributed by atoms with van der Waals surface area (Å²) in [6.45, 7) is 0. The van der Waals surface area contributed by atoms with E-state index in [2.05, 4.69) is 20.3 Å². The highest BCUT2D eigenvalue weighted by Crippen LogP contribution is 2.31. The van der Waals surface area contributed by atoms with Gasteiger partial charge in [-0.25, -0.2) is 4.98 Å². The smallest absolute Gasteiger partial charge is 0.366 e. The van der Waals surface area contributed by atoms with Crippen LogP contribution in [0.25, 0.3) is 11.0 Å². The van der Waals surface area contributed by atoms with Crippen molar-refractivity contribution in [2.75, 3.05) is 5.32 Å². The van der Waals surface area contributed by atoms with Crippen LogP contribution in [0.1, 0.15) is 21.9 Å². The summed E-state index contributed by atoms with van der Waals surface area (Å²) in [7, 11) is 0. The standard InChI is InChI=1S/C21H16F3N5OS/c22-21(23,24)18-10-13(7-8-26-18)31-11-19-28-16-6-5-12(9-17(16)29-19)27-15-4-2-1-3-14(15)20(25)30/h1-10,27H,11H2,(H2,25,30)(H,28,29). The zero-order chi connectivity index (χ0) is 22.0. The summed E-state index contributed by atoms with van der Waals surface area (Å²) in [6.07, 6.45) is -3.34. The van der Waals surface area contributed by atoms with Gasteiger partial charge in [0.15, 0.2) is 0 Å². The highest BCUT2D eigenvalue weighted by Gasteiger charge is 2.32. The SMILES string of the molecule is NC(=O)c1ccccc1Nc1ccc2[nH]c(CSc3ccnc(C(F)(F)F)c3)nc2c1. The number of carbonyl (C=O) groups is 1. The molecule has 2 aromatic heterocycles. The first-order chi connectivity index (χ1) is 14.8. The number of amides is 1. The Morgan fingerprint density at radius 3 is 2.71 bits per heavy atom. The minimum Gasteiger partial charge on any atom is -0.366 e. The van der Waals surface area contributed by atoms with Crippen molar-refractivity contribution in [1.29, 1.82) is 0 Å². The number of anilines is 2. The first-order valence-electron chi connectivity index (χ1n) is 9.10. The number of H-pyrrole nitrogens is 1. The number of nitrogens with one attached hydrogen (secondary N) is 2. The molecule has 31 heavy (non-hydrogen) atoms. The monoisotopic (exact) mass is 443 g/mol. The van der Waals surface area contributed by atoms with E-state index in [-0.39, 0.29) is 0 Å². The van der Waals surface area contributed by atoms with E-state index >= 15 is 0 Å². The number of para-hydroxylation sites is 1. The van der Waals surface area contributed by atoms with Gasteiger partial charge < -0.3 is 16.0 Å². The van der Waals surface area contributed by atoms with Crippen LogP contribution in [0, 0.1) is 0 Å². The lowest BCUT2D eigenvalue weighted by Gasteiger charge is -2.09. The third-order valence-electron chi connectivity index (χ3n) is 4.40. The second-order valence-corrected chi connectivity index (χ2v) is 7.66. The molecule has 0 aliphatic heterocycles. The number of hydrogen-bond acceptors (Lipinski definition) is 5. The molecule has 0 bridgehead atoms. The Morgan fingerprint density at radius 2 is 1.94 bits per heavy atom. The normalized spacial score (nSPS) is 11.6. The summed E-state index contributed by atoms with van der Waals surface area (Å²) >= 11 is 1.23. The molecule has 158 valence electrons. The Kier molecular flexibility index (Phi) is 5.55. The number of rotatable bonds is 6. The molecule has 4 N–H and O–H groups in total. The molecule has 0 saturated heterocycles. The zero-order valence-corrected chi connectivity index (χ0v) is 16.7. The maximum Gasteiger partial charge on any atom is 0.433 e. The number of imidazole rings is 1. The largest absolute Gasteiger partial charge is 0.433 e. The van der Waals surface area contributed by atoms with E-state index in [1.54, 1.807) is 24.3 Å². The second kappa shape index (κ2) is 8.31. The number of alkyl halides is 3. The van der Waals surface area contributed by atoms with E-state index in [1.807, 2.05) is 18.2 Å². The summed E-state index contributed by atoms with van der Waals surface area (Å²) in [5.41, 5.74) is 7.63.